The zero-order valence-electron chi connectivity index (χ0n) is 23.5. The molecule has 0 N–H and O–H groups in total. The number of para-hydroxylation sites is 2. The van der Waals surface area contributed by atoms with E-state index in [9.17, 15) is 18.0 Å². The Balaban J connectivity index is 1.23. The largest absolute Gasteiger partial charge is 0.340 e. The maximum atomic E-state index is 14.1. The van der Waals surface area contributed by atoms with Crippen LogP contribution in [0, 0.1) is 0 Å². The summed E-state index contributed by atoms with van der Waals surface area (Å²) in [5.41, 5.74) is 1.38. The Kier molecular flexibility index (Phi) is 7.42. The molecule has 2 saturated heterocycles. The van der Waals surface area contributed by atoms with Gasteiger partial charge < -0.3 is 14.7 Å². The van der Waals surface area contributed by atoms with Gasteiger partial charge in [0, 0.05) is 44.0 Å². The third kappa shape index (κ3) is 5.01. The fourth-order valence-electron chi connectivity index (χ4n) is 6.07. The molecule has 2 aliphatic rings. The molecule has 3 aromatic carbocycles. The van der Waals surface area contributed by atoms with E-state index in [1.165, 1.54) is 4.31 Å². The molecule has 2 fully saturated rings. The van der Waals surface area contributed by atoms with E-state index in [4.69, 9.17) is 0 Å². The molecule has 0 atom stereocenters. The van der Waals surface area contributed by atoms with Gasteiger partial charge in [0.25, 0.3) is 0 Å². The van der Waals surface area contributed by atoms with Crippen molar-refractivity contribution in [3.63, 3.8) is 0 Å². The highest BCUT2D eigenvalue weighted by atomic mass is 32.2. The molecule has 0 bridgehead atoms. The monoisotopic (exact) mass is 583 g/mol. The number of hydrogen-bond donors (Lipinski definition) is 0. The Hall–Kier alpha value is -4.28. The summed E-state index contributed by atoms with van der Waals surface area (Å²) < 4.78 is 29.1. The molecule has 42 heavy (non-hydrogen) atoms. The first-order valence-electron chi connectivity index (χ1n) is 14.0. The lowest BCUT2D eigenvalue weighted by molar-refractivity contribution is -0.140. The number of pyridine rings is 1. The van der Waals surface area contributed by atoms with Gasteiger partial charge in [-0.1, -0.05) is 66.7 Å². The van der Waals surface area contributed by atoms with Gasteiger partial charge in [0.15, 0.2) is 0 Å². The lowest BCUT2D eigenvalue weighted by atomic mass is 9.86. The second-order valence-electron chi connectivity index (χ2n) is 10.9. The second kappa shape index (κ2) is 11.2. The van der Waals surface area contributed by atoms with Crippen LogP contribution in [0.2, 0.25) is 0 Å². The summed E-state index contributed by atoms with van der Waals surface area (Å²) in [6.07, 6.45) is 2.21. The van der Waals surface area contributed by atoms with E-state index in [1.54, 1.807) is 41.2 Å². The van der Waals surface area contributed by atoms with Crippen molar-refractivity contribution >= 4 is 38.4 Å². The van der Waals surface area contributed by atoms with Gasteiger partial charge in [-0.2, -0.15) is 4.31 Å². The number of likely N-dealkylation sites (N-methyl/N-ethyl adjacent to an activating group) is 1. The summed E-state index contributed by atoms with van der Waals surface area (Å²) in [6, 6.07) is 28.2. The van der Waals surface area contributed by atoms with Gasteiger partial charge in [-0.15, -0.1) is 0 Å². The Morgan fingerprint density at radius 2 is 1.57 bits per heavy atom. The van der Waals surface area contributed by atoms with Crippen LogP contribution in [0.15, 0.2) is 102 Å². The molecular weight excluding hydrogens is 550 g/mol. The molecule has 2 amide bonds. The number of rotatable bonds is 7. The highest BCUT2D eigenvalue weighted by Gasteiger charge is 2.55. The summed E-state index contributed by atoms with van der Waals surface area (Å²) in [4.78, 5) is 37.1. The number of aromatic nitrogens is 1. The molecule has 1 spiro atoms. The third-order valence-corrected chi connectivity index (χ3v) is 10.3. The highest BCUT2D eigenvalue weighted by molar-refractivity contribution is 7.89. The number of benzene rings is 3. The minimum atomic E-state index is -3.84. The van der Waals surface area contributed by atoms with Crippen LogP contribution in [0.4, 0.5) is 5.69 Å². The predicted octanol–water partition coefficient (Wildman–Crippen LogP) is 3.72. The quantitative estimate of drug-likeness (QED) is 0.329. The summed E-state index contributed by atoms with van der Waals surface area (Å²) in [7, 11) is -2.10. The van der Waals surface area contributed by atoms with Crippen LogP contribution in [-0.4, -0.2) is 78.2 Å². The first-order chi connectivity index (χ1) is 20.3. The Bertz CT molecular complexity index is 1700. The predicted molar refractivity (Wildman–Crippen MR) is 161 cm³/mol. The summed E-state index contributed by atoms with van der Waals surface area (Å²) >= 11 is 0. The zero-order valence-corrected chi connectivity index (χ0v) is 24.3. The van der Waals surface area contributed by atoms with Crippen molar-refractivity contribution in [2.24, 2.45) is 0 Å². The molecule has 4 aromatic rings. The van der Waals surface area contributed by atoms with Crippen LogP contribution in [0.1, 0.15) is 18.4 Å². The van der Waals surface area contributed by atoms with E-state index in [1.807, 2.05) is 77.7 Å². The normalized spacial score (nSPS) is 17.2. The molecule has 0 radical (unpaired) electrons. The van der Waals surface area contributed by atoms with Crippen molar-refractivity contribution < 1.29 is 18.0 Å². The molecule has 9 nitrogen and oxygen atoms in total. The average Bonchev–Trinajstić information content (AvgIpc) is 3.28. The molecule has 10 heteroatoms. The van der Waals surface area contributed by atoms with Crippen LogP contribution in [0.3, 0.4) is 0 Å². The smallest absolute Gasteiger partial charge is 0.250 e. The molecule has 216 valence electrons. The van der Waals surface area contributed by atoms with Crippen molar-refractivity contribution in [2.75, 3.05) is 38.3 Å². The molecule has 3 heterocycles. The fraction of sp³-hybridized carbons (Fsp3) is 0.281. The highest BCUT2D eigenvalue weighted by Crippen LogP contribution is 2.40. The van der Waals surface area contributed by atoms with E-state index in [2.05, 4.69) is 4.98 Å². The van der Waals surface area contributed by atoms with Crippen LogP contribution in [0.25, 0.3) is 10.9 Å². The molecule has 0 aliphatic carbocycles. The molecular formula is C32H33N5O4S. The molecule has 6 rings (SSSR count). The maximum absolute atomic E-state index is 14.1. The number of nitrogens with zero attached hydrogens (tertiary/aromatic N) is 5. The lowest BCUT2D eigenvalue weighted by Crippen LogP contribution is -2.57. The minimum Gasteiger partial charge on any atom is -0.340 e. The van der Waals surface area contributed by atoms with Gasteiger partial charge in [0.05, 0.1) is 12.2 Å². The van der Waals surface area contributed by atoms with Gasteiger partial charge in [-0.3, -0.25) is 14.6 Å². The SMILES string of the molecule is CN(Cc1ccccc1)C(=O)CN1CN(c2ccccc2)C2(CCN(S(=O)(=O)c3cccc4cccnc34)CC2)C1=O. The Morgan fingerprint density at radius 1 is 0.905 bits per heavy atom. The van der Waals surface area contributed by atoms with Gasteiger partial charge in [-0.05, 0) is 42.7 Å². The molecule has 0 saturated carbocycles. The first kappa shape index (κ1) is 27.9. The van der Waals surface area contributed by atoms with Crippen LogP contribution < -0.4 is 4.90 Å². The van der Waals surface area contributed by atoms with Crippen molar-refractivity contribution in [1.82, 2.24) is 19.1 Å². The van der Waals surface area contributed by atoms with Crippen molar-refractivity contribution in [3.8, 4) is 0 Å². The third-order valence-electron chi connectivity index (χ3n) is 8.36. The number of piperidine rings is 1. The lowest BCUT2D eigenvalue weighted by Gasteiger charge is -2.42. The standard InChI is InChI=1S/C32H33N5O4S/c1-34(22-25-10-4-2-5-11-25)29(38)23-35-24-37(27-14-6-3-7-15-27)32(31(35)39)17-20-36(21-18-32)42(40,41)28-16-8-12-26-13-9-19-33-30(26)28/h2-16,19H,17-18,20-24H2,1H3. The average molecular weight is 584 g/mol. The molecule has 1 aromatic heterocycles. The molecule has 2 aliphatic heterocycles. The zero-order chi connectivity index (χ0) is 29.3. The number of fused-ring (bicyclic) bond motifs is 1. The Morgan fingerprint density at radius 3 is 2.29 bits per heavy atom. The number of carbonyl (C=O) groups is 2. The van der Waals surface area contributed by atoms with Crippen LogP contribution in [0.5, 0.6) is 0 Å². The fourth-order valence-corrected chi connectivity index (χ4v) is 7.68. The van der Waals surface area contributed by atoms with Crippen LogP contribution >= 0.6 is 0 Å². The van der Waals surface area contributed by atoms with Gasteiger partial charge >= 0.3 is 0 Å². The van der Waals surface area contributed by atoms with Gasteiger partial charge in [0.1, 0.15) is 17.0 Å². The number of sulfonamides is 1. The molecule has 0 unspecified atom stereocenters. The summed E-state index contributed by atoms with van der Waals surface area (Å²) in [5.74, 6) is -0.294. The van der Waals surface area contributed by atoms with Crippen molar-refractivity contribution in [1.29, 1.82) is 0 Å². The topological polar surface area (TPSA) is 94.1 Å². The van der Waals surface area contributed by atoms with Crippen molar-refractivity contribution in [3.05, 3.63) is 103 Å². The van der Waals surface area contributed by atoms with E-state index < -0.39 is 15.6 Å². The van der Waals surface area contributed by atoms with E-state index in [0.29, 0.717) is 24.9 Å². The number of carbonyl (C=O) groups excluding carboxylic acids is 2. The minimum absolute atomic E-state index is 0.0447. The van der Waals surface area contributed by atoms with E-state index in [-0.39, 0.29) is 43.0 Å². The summed E-state index contributed by atoms with van der Waals surface area (Å²) in [5, 5.41) is 0.755. The van der Waals surface area contributed by atoms with Crippen molar-refractivity contribution in [2.45, 2.75) is 29.8 Å². The maximum Gasteiger partial charge on any atom is 0.250 e. The number of hydrogen-bond acceptors (Lipinski definition) is 6. The van der Waals surface area contributed by atoms with Gasteiger partial charge in [-0.25, -0.2) is 8.42 Å². The first-order valence-corrected chi connectivity index (χ1v) is 15.5. The number of anilines is 1. The van der Waals surface area contributed by atoms with Crippen LogP contribution in [-0.2, 0) is 26.2 Å². The van der Waals surface area contributed by atoms with E-state index >= 15 is 0 Å². The van der Waals surface area contributed by atoms with Gasteiger partial charge in [0.2, 0.25) is 21.8 Å². The number of amides is 2. The summed E-state index contributed by atoms with van der Waals surface area (Å²) in [6.45, 7) is 1.02. The van der Waals surface area contributed by atoms with E-state index in [0.717, 1.165) is 16.6 Å². The Labute approximate surface area is 246 Å². The second-order valence-corrected chi connectivity index (χ2v) is 12.8.